The van der Waals surface area contributed by atoms with Crippen LogP contribution in [-0.4, -0.2) is 37.1 Å². The van der Waals surface area contributed by atoms with Crippen molar-refractivity contribution < 1.29 is 0 Å². The van der Waals surface area contributed by atoms with Gasteiger partial charge in [0.2, 0.25) is 0 Å². The van der Waals surface area contributed by atoms with Gasteiger partial charge >= 0.3 is 0 Å². The lowest BCUT2D eigenvalue weighted by molar-refractivity contribution is 0.0648. The van der Waals surface area contributed by atoms with Gasteiger partial charge in [0.15, 0.2) is 0 Å². The predicted molar refractivity (Wildman–Crippen MR) is 88.0 cm³/mol. The zero-order valence-corrected chi connectivity index (χ0v) is 14.2. The number of likely N-dealkylation sites (N-methyl/N-ethyl adjacent to an activating group) is 2. The second kappa shape index (κ2) is 7.79. The molecule has 2 nitrogen and oxygen atoms in total. The van der Waals surface area contributed by atoms with Crippen LogP contribution in [0, 0.1) is 17.8 Å². The Morgan fingerprint density at radius 1 is 1.05 bits per heavy atom. The summed E-state index contributed by atoms with van der Waals surface area (Å²) in [5.74, 6) is 2.67. The van der Waals surface area contributed by atoms with E-state index in [9.17, 15) is 0 Å². The van der Waals surface area contributed by atoms with Gasteiger partial charge in [-0.2, -0.15) is 0 Å². The summed E-state index contributed by atoms with van der Waals surface area (Å²) < 4.78 is 0. The molecule has 0 aromatic carbocycles. The van der Waals surface area contributed by atoms with Gasteiger partial charge in [0.25, 0.3) is 0 Å². The van der Waals surface area contributed by atoms with E-state index in [2.05, 4.69) is 38.0 Å². The first-order chi connectivity index (χ1) is 9.61. The average molecular weight is 280 g/mol. The summed E-state index contributed by atoms with van der Waals surface area (Å²) in [6.07, 6.45) is 10.1. The zero-order valence-electron chi connectivity index (χ0n) is 14.2. The Bertz CT molecular complexity index is 273. The third-order valence-electron chi connectivity index (χ3n) is 5.67. The van der Waals surface area contributed by atoms with Crippen LogP contribution in [0.15, 0.2) is 0 Å². The van der Waals surface area contributed by atoms with Crippen molar-refractivity contribution in [3.63, 3.8) is 0 Å². The molecule has 4 unspecified atom stereocenters. The number of rotatable bonds is 5. The fraction of sp³-hybridized carbons (Fsp3) is 1.00. The molecule has 1 N–H and O–H groups in total. The minimum absolute atomic E-state index is 0.701. The molecule has 0 aromatic heterocycles. The molecule has 0 saturated heterocycles. The van der Waals surface area contributed by atoms with Gasteiger partial charge in [-0.3, -0.25) is 0 Å². The van der Waals surface area contributed by atoms with Crippen molar-refractivity contribution in [1.82, 2.24) is 10.2 Å². The summed E-state index contributed by atoms with van der Waals surface area (Å²) in [6, 6.07) is 1.44. The Kier molecular flexibility index (Phi) is 6.35. The van der Waals surface area contributed by atoms with Gasteiger partial charge in [0.05, 0.1) is 0 Å². The first-order valence-corrected chi connectivity index (χ1v) is 9.05. The molecular weight excluding hydrogens is 244 g/mol. The minimum atomic E-state index is 0.701. The summed E-state index contributed by atoms with van der Waals surface area (Å²) in [5.41, 5.74) is 0. The standard InChI is InChI=1S/C18H36N2/c1-5-19-17-12-14(2)11-15(3)18(17)20(4)13-16-9-7-6-8-10-16/h14-19H,5-13H2,1-4H3. The maximum Gasteiger partial charge on any atom is 0.0272 e. The summed E-state index contributed by atoms with van der Waals surface area (Å²) in [4.78, 5) is 2.71. The molecule has 20 heavy (non-hydrogen) atoms. The molecule has 0 amide bonds. The van der Waals surface area contributed by atoms with Crippen molar-refractivity contribution in [1.29, 1.82) is 0 Å². The van der Waals surface area contributed by atoms with Crippen molar-refractivity contribution in [2.24, 2.45) is 17.8 Å². The predicted octanol–water partition coefficient (Wildman–Crippen LogP) is 3.91. The molecule has 2 fully saturated rings. The molecular formula is C18H36N2. The van der Waals surface area contributed by atoms with E-state index in [4.69, 9.17) is 0 Å². The Hall–Kier alpha value is -0.0800. The van der Waals surface area contributed by atoms with E-state index in [0.29, 0.717) is 6.04 Å². The summed E-state index contributed by atoms with van der Waals surface area (Å²) in [7, 11) is 2.39. The summed E-state index contributed by atoms with van der Waals surface area (Å²) in [6.45, 7) is 9.59. The van der Waals surface area contributed by atoms with E-state index in [0.717, 1.165) is 30.3 Å². The maximum absolute atomic E-state index is 3.77. The molecule has 0 heterocycles. The Labute approximate surface area is 126 Å². The first-order valence-electron chi connectivity index (χ1n) is 9.05. The molecule has 0 aromatic rings. The van der Waals surface area contributed by atoms with Crippen LogP contribution in [-0.2, 0) is 0 Å². The fourth-order valence-electron chi connectivity index (χ4n) is 4.95. The lowest BCUT2D eigenvalue weighted by atomic mass is 9.75. The van der Waals surface area contributed by atoms with Crippen molar-refractivity contribution >= 4 is 0 Å². The first kappa shape index (κ1) is 16.3. The van der Waals surface area contributed by atoms with Gasteiger partial charge in [0, 0.05) is 18.6 Å². The SMILES string of the molecule is CCNC1CC(C)CC(C)C1N(C)CC1CCCCC1. The second-order valence-corrected chi connectivity index (χ2v) is 7.65. The van der Waals surface area contributed by atoms with Gasteiger partial charge in [-0.05, 0) is 57.0 Å². The Balaban J connectivity index is 1.94. The molecule has 2 rings (SSSR count). The van der Waals surface area contributed by atoms with Crippen LogP contribution in [0.1, 0.15) is 65.7 Å². The third kappa shape index (κ3) is 4.21. The number of nitrogens with one attached hydrogen (secondary N) is 1. The Morgan fingerprint density at radius 2 is 1.75 bits per heavy atom. The highest BCUT2D eigenvalue weighted by atomic mass is 15.2. The molecule has 0 aliphatic heterocycles. The summed E-state index contributed by atoms with van der Waals surface area (Å²) in [5, 5.41) is 3.77. The zero-order chi connectivity index (χ0) is 14.5. The quantitative estimate of drug-likeness (QED) is 0.821. The van der Waals surface area contributed by atoms with Crippen molar-refractivity contribution in [2.75, 3.05) is 20.1 Å². The van der Waals surface area contributed by atoms with E-state index in [1.165, 1.54) is 51.5 Å². The molecule has 2 saturated carbocycles. The van der Waals surface area contributed by atoms with Crippen LogP contribution in [0.25, 0.3) is 0 Å². The molecule has 2 aliphatic carbocycles. The van der Waals surface area contributed by atoms with Crippen molar-refractivity contribution in [3.8, 4) is 0 Å². The molecule has 2 heteroatoms. The van der Waals surface area contributed by atoms with Crippen LogP contribution in [0.2, 0.25) is 0 Å². The second-order valence-electron chi connectivity index (χ2n) is 7.65. The van der Waals surface area contributed by atoms with Crippen molar-refractivity contribution in [2.45, 2.75) is 77.8 Å². The van der Waals surface area contributed by atoms with Crippen molar-refractivity contribution in [3.05, 3.63) is 0 Å². The monoisotopic (exact) mass is 280 g/mol. The smallest absolute Gasteiger partial charge is 0.0272 e. The van der Waals surface area contributed by atoms with Gasteiger partial charge in [-0.1, -0.05) is 40.0 Å². The van der Waals surface area contributed by atoms with Gasteiger partial charge < -0.3 is 10.2 Å². The van der Waals surface area contributed by atoms with Crippen LogP contribution in [0.4, 0.5) is 0 Å². The number of nitrogens with zero attached hydrogens (tertiary/aromatic N) is 1. The lowest BCUT2D eigenvalue weighted by Crippen LogP contribution is -2.56. The highest BCUT2D eigenvalue weighted by molar-refractivity contribution is 4.93. The topological polar surface area (TPSA) is 15.3 Å². The molecule has 0 spiro atoms. The van der Waals surface area contributed by atoms with E-state index < -0.39 is 0 Å². The largest absolute Gasteiger partial charge is 0.313 e. The highest BCUT2D eigenvalue weighted by Gasteiger charge is 2.36. The third-order valence-corrected chi connectivity index (χ3v) is 5.67. The molecule has 0 radical (unpaired) electrons. The van der Waals surface area contributed by atoms with Crippen LogP contribution in [0.5, 0.6) is 0 Å². The molecule has 0 bridgehead atoms. The van der Waals surface area contributed by atoms with Gasteiger partial charge in [0.1, 0.15) is 0 Å². The summed E-state index contributed by atoms with van der Waals surface area (Å²) >= 11 is 0. The molecule has 118 valence electrons. The molecule has 4 atom stereocenters. The van der Waals surface area contributed by atoms with Crippen LogP contribution in [0.3, 0.4) is 0 Å². The minimum Gasteiger partial charge on any atom is -0.313 e. The lowest BCUT2D eigenvalue weighted by Gasteiger charge is -2.46. The average Bonchev–Trinajstić information content (AvgIpc) is 2.39. The Morgan fingerprint density at radius 3 is 2.40 bits per heavy atom. The van der Waals surface area contributed by atoms with E-state index in [1.807, 2.05) is 0 Å². The maximum atomic E-state index is 3.77. The van der Waals surface area contributed by atoms with Crippen LogP contribution < -0.4 is 5.32 Å². The normalized spacial score (nSPS) is 36.5. The van der Waals surface area contributed by atoms with E-state index >= 15 is 0 Å². The van der Waals surface area contributed by atoms with Crippen LogP contribution >= 0.6 is 0 Å². The highest BCUT2D eigenvalue weighted by Crippen LogP contribution is 2.33. The van der Waals surface area contributed by atoms with E-state index in [1.54, 1.807) is 0 Å². The van der Waals surface area contributed by atoms with Gasteiger partial charge in [-0.25, -0.2) is 0 Å². The molecule has 2 aliphatic rings. The fourth-order valence-corrected chi connectivity index (χ4v) is 4.95. The van der Waals surface area contributed by atoms with Gasteiger partial charge in [-0.15, -0.1) is 0 Å². The number of hydrogen-bond acceptors (Lipinski definition) is 2. The van der Waals surface area contributed by atoms with E-state index in [-0.39, 0.29) is 0 Å². The number of hydrogen-bond donors (Lipinski definition) is 1.